The van der Waals surface area contributed by atoms with Crippen molar-refractivity contribution < 1.29 is 46.5 Å². The molecule has 1 unspecified atom stereocenters. The van der Waals surface area contributed by atoms with Crippen LogP contribution in [0.3, 0.4) is 0 Å². The Labute approximate surface area is 255 Å². The van der Waals surface area contributed by atoms with Crippen LogP contribution in [0.4, 0.5) is 23.7 Å². The number of aromatic nitrogens is 1. The largest absolute Gasteiger partial charge is 0.511 e. The maximum atomic E-state index is 13.5. The summed E-state index contributed by atoms with van der Waals surface area (Å²) in [7, 11) is 1.47. The number of nitriles is 1. The van der Waals surface area contributed by atoms with Crippen LogP contribution in [0.25, 0.3) is 11.1 Å². The minimum Gasteiger partial charge on any atom is -0.491 e. The molecule has 0 fully saturated rings. The van der Waals surface area contributed by atoms with Crippen LogP contribution in [0.5, 0.6) is 5.75 Å². The van der Waals surface area contributed by atoms with Gasteiger partial charge in [0, 0.05) is 41.9 Å². The maximum absolute atomic E-state index is 13.5. The Morgan fingerprint density at radius 1 is 1.02 bits per heavy atom. The second kappa shape index (κ2) is 14.6. The molecule has 1 aromatic heterocycles. The summed E-state index contributed by atoms with van der Waals surface area (Å²) in [6.45, 7) is 4.49. The van der Waals surface area contributed by atoms with Crippen molar-refractivity contribution in [3.63, 3.8) is 0 Å². The standard InChI is InChI=1S/C30H27ClF3N3O7/c1-17(2)42-29(40)44-18(3)43-27(38)11-12-41-25-8-6-5-7-24(25)37(4)28(39)19-9-10-23(31)21(13-19)22-16-36-26(30(32,33)34)14-20(22)15-35/h5-10,13-14,16-18H,11-12H2,1-4H3. The average Bonchev–Trinajstić information content (AvgIpc) is 2.95. The maximum Gasteiger partial charge on any atom is 0.511 e. The SMILES string of the molecule is CC(C)OC(=O)OC(C)OC(=O)CCOc1ccccc1N(C)C(=O)c1ccc(Cl)c(-c2cnc(C(F)(F)F)cc2C#N)c1. The van der Waals surface area contributed by atoms with E-state index in [0.717, 1.165) is 6.20 Å². The van der Waals surface area contributed by atoms with Gasteiger partial charge < -0.3 is 23.8 Å². The molecule has 3 rings (SSSR count). The molecule has 0 aliphatic heterocycles. The Hall–Kier alpha value is -4.83. The number of benzene rings is 2. The summed E-state index contributed by atoms with van der Waals surface area (Å²) in [5.74, 6) is -0.982. The summed E-state index contributed by atoms with van der Waals surface area (Å²) in [6, 6.07) is 13.0. The molecule has 1 atom stereocenters. The zero-order chi connectivity index (χ0) is 32.6. The molecule has 3 aromatic rings. The number of ether oxygens (including phenoxy) is 4. The predicted molar refractivity (Wildman–Crippen MR) is 152 cm³/mol. The molecule has 44 heavy (non-hydrogen) atoms. The number of nitrogens with zero attached hydrogens (tertiary/aromatic N) is 3. The third-order valence-corrected chi connectivity index (χ3v) is 6.13. The van der Waals surface area contributed by atoms with Crippen molar-refractivity contribution in [1.29, 1.82) is 5.26 Å². The molecule has 1 amide bonds. The quantitative estimate of drug-likeness (QED) is 0.175. The molecule has 0 N–H and O–H groups in total. The van der Waals surface area contributed by atoms with Gasteiger partial charge in [-0.2, -0.15) is 18.4 Å². The van der Waals surface area contributed by atoms with Crippen molar-refractivity contribution in [3.05, 3.63) is 76.6 Å². The van der Waals surface area contributed by atoms with E-state index in [1.807, 2.05) is 0 Å². The molecule has 10 nitrogen and oxygen atoms in total. The van der Waals surface area contributed by atoms with Crippen molar-refractivity contribution >= 4 is 35.3 Å². The number of esters is 1. The number of hydrogen-bond donors (Lipinski definition) is 0. The lowest BCUT2D eigenvalue weighted by molar-refractivity contribution is -0.169. The van der Waals surface area contributed by atoms with Crippen LogP contribution in [0.1, 0.15) is 48.8 Å². The fourth-order valence-corrected chi connectivity index (χ4v) is 4.03. The van der Waals surface area contributed by atoms with Crippen LogP contribution in [0.15, 0.2) is 54.7 Å². The van der Waals surface area contributed by atoms with Gasteiger partial charge in [0.2, 0.25) is 6.29 Å². The molecule has 0 aliphatic carbocycles. The number of carbonyl (C=O) groups excluding carboxylic acids is 3. The fourth-order valence-electron chi connectivity index (χ4n) is 3.81. The first-order valence-corrected chi connectivity index (χ1v) is 13.4. The van der Waals surface area contributed by atoms with Crippen molar-refractivity contribution in [3.8, 4) is 22.9 Å². The second-order valence-corrected chi connectivity index (χ2v) is 9.85. The molecule has 0 saturated carbocycles. The van der Waals surface area contributed by atoms with E-state index >= 15 is 0 Å². The summed E-state index contributed by atoms with van der Waals surface area (Å²) < 4.78 is 59.7. The first-order valence-electron chi connectivity index (χ1n) is 13.0. The average molecular weight is 634 g/mol. The van der Waals surface area contributed by atoms with E-state index in [4.69, 9.17) is 30.5 Å². The lowest BCUT2D eigenvalue weighted by Crippen LogP contribution is -2.27. The van der Waals surface area contributed by atoms with Gasteiger partial charge in [0.1, 0.15) is 11.4 Å². The van der Waals surface area contributed by atoms with E-state index in [1.165, 1.54) is 37.1 Å². The molecule has 0 bridgehead atoms. The van der Waals surface area contributed by atoms with Crippen LogP contribution in [-0.2, 0) is 25.2 Å². The summed E-state index contributed by atoms with van der Waals surface area (Å²) in [5.41, 5.74) is -0.943. The van der Waals surface area contributed by atoms with Gasteiger partial charge in [0.05, 0.1) is 36.5 Å². The van der Waals surface area contributed by atoms with Crippen molar-refractivity contribution in [2.75, 3.05) is 18.6 Å². The number of alkyl halides is 3. The Morgan fingerprint density at radius 2 is 1.73 bits per heavy atom. The minimum absolute atomic E-state index is 0.0231. The molecule has 0 aliphatic rings. The number of amides is 1. The van der Waals surface area contributed by atoms with Gasteiger partial charge in [-0.1, -0.05) is 23.7 Å². The van der Waals surface area contributed by atoms with Gasteiger partial charge in [-0.15, -0.1) is 0 Å². The highest BCUT2D eigenvalue weighted by molar-refractivity contribution is 6.33. The van der Waals surface area contributed by atoms with Crippen molar-refractivity contribution in [2.24, 2.45) is 0 Å². The van der Waals surface area contributed by atoms with E-state index < -0.39 is 42.3 Å². The topological polar surface area (TPSA) is 128 Å². The fraction of sp³-hybridized carbons (Fsp3) is 0.300. The van der Waals surface area contributed by atoms with Crippen LogP contribution < -0.4 is 9.64 Å². The molecule has 0 spiro atoms. The monoisotopic (exact) mass is 633 g/mol. The lowest BCUT2D eigenvalue weighted by Gasteiger charge is -2.21. The molecular formula is C30H27ClF3N3O7. The number of carbonyl (C=O) groups is 3. The third-order valence-electron chi connectivity index (χ3n) is 5.80. The summed E-state index contributed by atoms with van der Waals surface area (Å²) >= 11 is 6.30. The summed E-state index contributed by atoms with van der Waals surface area (Å²) in [6.07, 6.45) is -6.64. The zero-order valence-electron chi connectivity index (χ0n) is 24.0. The highest BCUT2D eigenvalue weighted by Crippen LogP contribution is 2.35. The van der Waals surface area contributed by atoms with Gasteiger partial charge in [0.25, 0.3) is 5.91 Å². The first-order chi connectivity index (χ1) is 20.7. The molecular weight excluding hydrogens is 607 g/mol. The first kappa shape index (κ1) is 33.7. The molecule has 0 radical (unpaired) electrons. The molecule has 2 aromatic carbocycles. The number of halogens is 4. The van der Waals surface area contributed by atoms with E-state index in [2.05, 4.69) is 4.98 Å². The van der Waals surface area contributed by atoms with Crippen LogP contribution in [0, 0.1) is 11.3 Å². The van der Waals surface area contributed by atoms with E-state index in [1.54, 1.807) is 44.2 Å². The van der Waals surface area contributed by atoms with E-state index in [-0.39, 0.29) is 46.1 Å². The number of para-hydroxylation sites is 2. The second-order valence-electron chi connectivity index (χ2n) is 9.44. The molecule has 232 valence electrons. The van der Waals surface area contributed by atoms with Gasteiger partial charge in [-0.05, 0) is 50.2 Å². The summed E-state index contributed by atoms with van der Waals surface area (Å²) in [4.78, 5) is 41.8. The minimum atomic E-state index is -4.75. The van der Waals surface area contributed by atoms with Gasteiger partial charge in [-0.25, -0.2) is 4.79 Å². The van der Waals surface area contributed by atoms with Crippen LogP contribution >= 0.6 is 11.6 Å². The number of hydrogen-bond acceptors (Lipinski definition) is 9. The molecule has 14 heteroatoms. The number of anilines is 1. The molecule has 0 saturated heterocycles. The van der Waals surface area contributed by atoms with E-state index in [0.29, 0.717) is 11.8 Å². The summed E-state index contributed by atoms with van der Waals surface area (Å²) in [5, 5.41) is 9.58. The highest BCUT2D eigenvalue weighted by Gasteiger charge is 2.33. The van der Waals surface area contributed by atoms with Gasteiger partial charge >= 0.3 is 18.3 Å². The van der Waals surface area contributed by atoms with Crippen LogP contribution in [-0.4, -0.2) is 49.1 Å². The molecule has 1 heterocycles. The Balaban J connectivity index is 1.73. The smallest absolute Gasteiger partial charge is 0.491 e. The number of rotatable bonds is 10. The van der Waals surface area contributed by atoms with Crippen molar-refractivity contribution in [1.82, 2.24) is 4.98 Å². The van der Waals surface area contributed by atoms with E-state index in [9.17, 15) is 32.8 Å². The Bertz CT molecular complexity index is 1570. The van der Waals surface area contributed by atoms with Crippen LogP contribution in [0.2, 0.25) is 5.02 Å². The zero-order valence-corrected chi connectivity index (χ0v) is 24.7. The predicted octanol–water partition coefficient (Wildman–Crippen LogP) is 6.79. The normalized spacial score (nSPS) is 11.7. The lowest BCUT2D eigenvalue weighted by atomic mass is 9.99. The van der Waals surface area contributed by atoms with Gasteiger partial charge in [0.15, 0.2) is 0 Å². The van der Waals surface area contributed by atoms with Gasteiger partial charge in [-0.3, -0.25) is 14.6 Å². The Morgan fingerprint density at radius 3 is 2.39 bits per heavy atom. The third kappa shape index (κ3) is 8.84. The van der Waals surface area contributed by atoms with Crippen molar-refractivity contribution in [2.45, 2.75) is 45.8 Å². The highest BCUT2D eigenvalue weighted by atomic mass is 35.5. The Kier molecular flexibility index (Phi) is 11.1. The number of pyridine rings is 1.